The summed E-state index contributed by atoms with van der Waals surface area (Å²) in [4.78, 5) is 0. The maximum absolute atomic E-state index is 5.38. The average molecular weight is 160 g/mol. The van der Waals surface area contributed by atoms with Crippen LogP contribution in [-0.4, -0.2) is 6.79 Å². The van der Waals surface area contributed by atoms with E-state index in [0.717, 1.165) is 17.9 Å². The molecule has 0 unspecified atom stereocenters. The van der Waals surface area contributed by atoms with Gasteiger partial charge in [-0.1, -0.05) is 18.2 Å². The summed E-state index contributed by atoms with van der Waals surface area (Å²) >= 11 is 0. The third-order valence-electron chi connectivity index (χ3n) is 2.30. The van der Waals surface area contributed by atoms with Crippen LogP contribution in [0.5, 0.6) is 11.5 Å². The van der Waals surface area contributed by atoms with E-state index in [1.807, 2.05) is 6.07 Å². The van der Waals surface area contributed by atoms with Gasteiger partial charge in [-0.3, -0.25) is 0 Å². The molecule has 12 heavy (non-hydrogen) atoms. The minimum Gasteiger partial charge on any atom is -0.454 e. The Morgan fingerprint density at radius 1 is 1.17 bits per heavy atom. The van der Waals surface area contributed by atoms with Gasteiger partial charge in [0, 0.05) is 5.56 Å². The summed E-state index contributed by atoms with van der Waals surface area (Å²) in [6.45, 7) is 0.367. The fourth-order valence-electron chi connectivity index (χ4n) is 1.72. The zero-order chi connectivity index (χ0) is 7.97. The number of benzene rings is 1. The Hall–Kier alpha value is -1.44. The molecule has 3 rings (SSSR count). The monoisotopic (exact) mass is 160 g/mol. The van der Waals surface area contributed by atoms with Gasteiger partial charge in [-0.2, -0.15) is 0 Å². The zero-order valence-electron chi connectivity index (χ0n) is 6.54. The highest BCUT2D eigenvalue weighted by atomic mass is 16.7. The van der Waals surface area contributed by atoms with E-state index in [1.54, 1.807) is 0 Å². The molecule has 0 saturated carbocycles. The molecule has 0 bridgehead atoms. The lowest BCUT2D eigenvalue weighted by molar-refractivity contribution is 0.173. The van der Waals surface area contributed by atoms with Crippen molar-refractivity contribution in [3.8, 4) is 11.5 Å². The van der Waals surface area contributed by atoms with Gasteiger partial charge in [-0.05, 0) is 18.1 Å². The van der Waals surface area contributed by atoms with Crippen LogP contribution in [0.1, 0.15) is 11.1 Å². The van der Waals surface area contributed by atoms with Crippen molar-refractivity contribution in [2.24, 2.45) is 0 Å². The molecule has 0 aromatic heterocycles. The van der Waals surface area contributed by atoms with Crippen molar-refractivity contribution < 1.29 is 9.47 Å². The quantitative estimate of drug-likeness (QED) is 0.577. The van der Waals surface area contributed by atoms with E-state index in [4.69, 9.17) is 9.47 Å². The molecule has 2 nitrogen and oxygen atoms in total. The summed E-state index contributed by atoms with van der Waals surface area (Å²) in [5, 5.41) is 0. The van der Waals surface area contributed by atoms with E-state index in [9.17, 15) is 0 Å². The van der Waals surface area contributed by atoms with Crippen LogP contribution < -0.4 is 9.47 Å². The molecule has 1 aliphatic heterocycles. The normalized spacial score (nSPS) is 16.7. The summed E-state index contributed by atoms with van der Waals surface area (Å²) in [6.07, 6.45) is 5.24. The third kappa shape index (κ3) is 0.644. The summed E-state index contributed by atoms with van der Waals surface area (Å²) in [5.74, 6) is 1.83. The first-order valence-corrected chi connectivity index (χ1v) is 4.03. The Kier molecular flexibility index (Phi) is 1.04. The first-order chi connectivity index (χ1) is 5.95. The van der Waals surface area contributed by atoms with E-state index >= 15 is 0 Å². The average Bonchev–Trinajstić information content (AvgIpc) is 2.71. The molecule has 1 aromatic rings. The second kappa shape index (κ2) is 2.03. The molecule has 1 heterocycles. The van der Waals surface area contributed by atoms with Gasteiger partial charge in [-0.25, -0.2) is 0 Å². The van der Waals surface area contributed by atoms with Crippen molar-refractivity contribution in [2.75, 3.05) is 6.79 Å². The van der Waals surface area contributed by atoms with Crippen molar-refractivity contribution in [1.29, 1.82) is 0 Å². The Morgan fingerprint density at radius 3 is 3.17 bits per heavy atom. The lowest BCUT2D eigenvalue weighted by Crippen LogP contribution is -1.94. The van der Waals surface area contributed by atoms with Crippen LogP contribution in [0.15, 0.2) is 18.2 Å². The molecule has 2 heteroatoms. The van der Waals surface area contributed by atoms with Gasteiger partial charge < -0.3 is 9.47 Å². The summed E-state index contributed by atoms with van der Waals surface area (Å²) in [7, 11) is 0. The first kappa shape index (κ1) is 6.12. The molecule has 1 aromatic carbocycles. The highest BCUT2D eigenvalue weighted by Crippen LogP contribution is 2.40. The Balaban J connectivity index is 2.27. The number of ether oxygens (including phenoxy) is 2. The van der Waals surface area contributed by atoms with Crippen molar-refractivity contribution in [3.63, 3.8) is 0 Å². The van der Waals surface area contributed by atoms with Gasteiger partial charge in [-0.15, -0.1) is 0 Å². The van der Waals surface area contributed by atoms with Crippen molar-refractivity contribution >= 4 is 6.08 Å². The molecule has 60 valence electrons. The van der Waals surface area contributed by atoms with E-state index < -0.39 is 0 Å². The second-order valence-corrected chi connectivity index (χ2v) is 2.97. The van der Waals surface area contributed by atoms with E-state index in [1.165, 1.54) is 11.1 Å². The maximum atomic E-state index is 5.38. The van der Waals surface area contributed by atoms with Crippen LogP contribution in [0, 0.1) is 0 Å². The van der Waals surface area contributed by atoms with Crippen LogP contribution in [0.2, 0.25) is 0 Å². The highest BCUT2D eigenvalue weighted by molar-refractivity contribution is 5.67. The van der Waals surface area contributed by atoms with E-state index in [0.29, 0.717) is 6.79 Å². The van der Waals surface area contributed by atoms with Crippen LogP contribution in [0.25, 0.3) is 6.08 Å². The van der Waals surface area contributed by atoms with Crippen LogP contribution in [0.3, 0.4) is 0 Å². The summed E-state index contributed by atoms with van der Waals surface area (Å²) in [6, 6.07) is 4.04. The van der Waals surface area contributed by atoms with E-state index in [-0.39, 0.29) is 0 Å². The highest BCUT2D eigenvalue weighted by Gasteiger charge is 2.20. The smallest absolute Gasteiger partial charge is 0.231 e. The summed E-state index contributed by atoms with van der Waals surface area (Å²) in [5.41, 5.74) is 2.53. The molecule has 0 amide bonds. The summed E-state index contributed by atoms with van der Waals surface area (Å²) < 4.78 is 10.7. The molecular weight excluding hydrogens is 152 g/mol. The predicted octanol–water partition coefficient (Wildman–Crippen LogP) is 1.98. The minimum atomic E-state index is 0.367. The number of hydrogen-bond donors (Lipinski definition) is 0. The minimum absolute atomic E-state index is 0.367. The SMILES string of the molecule is C1=Cc2ccc3c(c2C1)OCO3. The molecular formula is C10H8O2. The lowest BCUT2D eigenvalue weighted by atomic mass is 10.1. The zero-order valence-corrected chi connectivity index (χ0v) is 6.54. The third-order valence-corrected chi connectivity index (χ3v) is 2.30. The topological polar surface area (TPSA) is 18.5 Å². The van der Waals surface area contributed by atoms with Gasteiger partial charge in [0.15, 0.2) is 11.5 Å². The number of fused-ring (bicyclic) bond motifs is 3. The number of allylic oxidation sites excluding steroid dienone is 1. The Morgan fingerprint density at radius 2 is 2.17 bits per heavy atom. The van der Waals surface area contributed by atoms with Crippen molar-refractivity contribution in [1.82, 2.24) is 0 Å². The standard InChI is InChI=1S/C10H8O2/c1-2-7-4-5-9-10(8(7)3-1)12-6-11-9/h1-2,4-5H,3,6H2. The number of hydrogen-bond acceptors (Lipinski definition) is 2. The fourth-order valence-corrected chi connectivity index (χ4v) is 1.72. The molecule has 0 spiro atoms. The van der Waals surface area contributed by atoms with Gasteiger partial charge in [0.1, 0.15) is 0 Å². The largest absolute Gasteiger partial charge is 0.454 e. The van der Waals surface area contributed by atoms with Crippen LogP contribution >= 0.6 is 0 Å². The molecule has 0 fully saturated rings. The molecule has 1 aliphatic carbocycles. The van der Waals surface area contributed by atoms with Gasteiger partial charge in [0.05, 0.1) is 0 Å². The molecule has 0 N–H and O–H groups in total. The molecule has 0 radical (unpaired) electrons. The first-order valence-electron chi connectivity index (χ1n) is 4.03. The van der Waals surface area contributed by atoms with Gasteiger partial charge in [0.2, 0.25) is 6.79 Å². The fraction of sp³-hybridized carbons (Fsp3) is 0.200. The molecule has 0 saturated heterocycles. The van der Waals surface area contributed by atoms with Crippen LogP contribution in [0.4, 0.5) is 0 Å². The van der Waals surface area contributed by atoms with Crippen LogP contribution in [-0.2, 0) is 6.42 Å². The van der Waals surface area contributed by atoms with Crippen molar-refractivity contribution in [2.45, 2.75) is 6.42 Å². The van der Waals surface area contributed by atoms with Crippen molar-refractivity contribution in [3.05, 3.63) is 29.3 Å². The maximum Gasteiger partial charge on any atom is 0.231 e. The van der Waals surface area contributed by atoms with Gasteiger partial charge >= 0.3 is 0 Å². The molecule has 0 atom stereocenters. The molecule has 2 aliphatic rings. The van der Waals surface area contributed by atoms with Gasteiger partial charge in [0.25, 0.3) is 0 Å². The second-order valence-electron chi connectivity index (χ2n) is 2.97. The van der Waals surface area contributed by atoms with E-state index in [2.05, 4.69) is 18.2 Å². The Labute approximate surface area is 70.4 Å². The lowest BCUT2D eigenvalue weighted by Gasteiger charge is -2.02. The predicted molar refractivity (Wildman–Crippen MR) is 45.3 cm³/mol. The number of rotatable bonds is 0. The Bertz CT molecular complexity index is 366.